The van der Waals surface area contributed by atoms with Gasteiger partial charge in [-0.25, -0.2) is 0 Å². The molecule has 0 spiro atoms. The van der Waals surface area contributed by atoms with Crippen molar-refractivity contribution >= 4 is 41.1 Å². The lowest BCUT2D eigenvalue weighted by Crippen LogP contribution is -2.42. The van der Waals surface area contributed by atoms with Crippen LogP contribution < -0.4 is 5.32 Å². The van der Waals surface area contributed by atoms with E-state index in [-0.39, 0.29) is 22.2 Å². The third-order valence-electron chi connectivity index (χ3n) is 4.84. The van der Waals surface area contributed by atoms with Crippen molar-refractivity contribution in [1.29, 1.82) is 0 Å². The summed E-state index contributed by atoms with van der Waals surface area (Å²) in [6, 6.07) is 14.1. The highest BCUT2D eigenvalue weighted by Crippen LogP contribution is 2.22. The number of amides is 2. The Hall–Kier alpha value is -2.30. The summed E-state index contributed by atoms with van der Waals surface area (Å²) in [6.07, 6.45) is 3.62. The SMILES string of the molecule is CC1CCN(C(=O)C(=Cc2ccccc2)NC(=O)c2ccc(Cl)cc2Cl)CC1. The molecule has 2 aromatic rings. The van der Waals surface area contributed by atoms with E-state index < -0.39 is 5.91 Å². The lowest BCUT2D eigenvalue weighted by molar-refractivity contribution is -0.128. The molecule has 0 atom stereocenters. The Bertz CT molecular complexity index is 889. The molecule has 0 radical (unpaired) electrons. The Morgan fingerprint density at radius 2 is 1.75 bits per heavy atom. The van der Waals surface area contributed by atoms with E-state index in [4.69, 9.17) is 23.2 Å². The molecule has 1 aliphatic heterocycles. The van der Waals surface area contributed by atoms with Crippen LogP contribution >= 0.6 is 23.2 Å². The van der Waals surface area contributed by atoms with Gasteiger partial charge in [0.2, 0.25) is 0 Å². The number of nitrogens with zero attached hydrogens (tertiary/aromatic N) is 1. The quantitative estimate of drug-likeness (QED) is 0.710. The van der Waals surface area contributed by atoms with Gasteiger partial charge in [0.25, 0.3) is 11.8 Å². The number of hydrogen-bond donors (Lipinski definition) is 1. The average molecular weight is 417 g/mol. The maximum atomic E-state index is 13.1. The highest BCUT2D eigenvalue weighted by atomic mass is 35.5. The number of piperidine rings is 1. The monoisotopic (exact) mass is 416 g/mol. The van der Waals surface area contributed by atoms with Gasteiger partial charge >= 0.3 is 0 Å². The molecule has 1 N–H and O–H groups in total. The van der Waals surface area contributed by atoms with E-state index in [1.54, 1.807) is 23.1 Å². The summed E-state index contributed by atoms with van der Waals surface area (Å²) in [5.41, 5.74) is 1.33. The minimum Gasteiger partial charge on any atom is -0.337 e. The first-order valence-electron chi connectivity index (χ1n) is 9.26. The third kappa shape index (κ3) is 5.15. The molecule has 6 heteroatoms. The Balaban J connectivity index is 1.87. The molecule has 2 aromatic carbocycles. The topological polar surface area (TPSA) is 49.4 Å². The predicted molar refractivity (Wildman–Crippen MR) is 113 cm³/mol. The van der Waals surface area contributed by atoms with Crippen LogP contribution in [0.5, 0.6) is 0 Å². The molecule has 0 aliphatic carbocycles. The Morgan fingerprint density at radius 1 is 1.07 bits per heavy atom. The highest BCUT2D eigenvalue weighted by Gasteiger charge is 2.25. The van der Waals surface area contributed by atoms with Crippen LogP contribution in [0.1, 0.15) is 35.7 Å². The second-order valence-electron chi connectivity index (χ2n) is 7.02. The van der Waals surface area contributed by atoms with Crippen molar-refractivity contribution in [3.05, 3.63) is 75.4 Å². The zero-order valence-corrected chi connectivity index (χ0v) is 17.1. The van der Waals surface area contributed by atoms with Gasteiger partial charge in [0.15, 0.2) is 0 Å². The molecule has 4 nitrogen and oxygen atoms in total. The fraction of sp³-hybridized carbons (Fsp3) is 0.273. The van der Waals surface area contributed by atoms with Crippen molar-refractivity contribution in [3.63, 3.8) is 0 Å². The fourth-order valence-corrected chi connectivity index (χ4v) is 3.61. The van der Waals surface area contributed by atoms with Gasteiger partial charge in [-0.3, -0.25) is 9.59 Å². The molecule has 0 aromatic heterocycles. The summed E-state index contributed by atoms with van der Waals surface area (Å²) >= 11 is 12.1. The predicted octanol–water partition coefficient (Wildman–Crippen LogP) is 5.02. The molecule has 0 bridgehead atoms. The van der Waals surface area contributed by atoms with Crippen LogP contribution in [0, 0.1) is 5.92 Å². The number of rotatable bonds is 4. The van der Waals surface area contributed by atoms with Gasteiger partial charge in [-0.1, -0.05) is 60.5 Å². The van der Waals surface area contributed by atoms with E-state index in [1.165, 1.54) is 6.07 Å². The van der Waals surface area contributed by atoms with E-state index in [2.05, 4.69) is 12.2 Å². The first-order valence-corrected chi connectivity index (χ1v) is 10.0. The number of carbonyl (C=O) groups is 2. The fourth-order valence-electron chi connectivity index (χ4n) is 3.11. The maximum absolute atomic E-state index is 13.1. The number of likely N-dealkylation sites (tertiary alicyclic amines) is 1. The van der Waals surface area contributed by atoms with Gasteiger partial charge in [0, 0.05) is 18.1 Å². The zero-order valence-electron chi connectivity index (χ0n) is 15.6. The molecule has 1 heterocycles. The average Bonchev–Trinajstić information content (AvgIpc) is 2.68. The number of carbonyl (C=O) groups excluding carboxylic acids is 2. The lowest BCUT2D eigenvalue weighted by atomic mass is 9.99. The molecule has 1 fully saturated rings. The first-order chi connectivity index (χ1) is 13.4. The van der Waals surface area contributed by atoms with E-state index >= 15 is 0 Å². The summed E-state index contributed by atoms with van der Waals surface area (Å²) in [5.74, 6) is -0.0233. The minimum absolute atomic E-state index is 0.186. The van der Waals surface area contributed by atoms with Crippen molar-refractivity contribution in [1.82, 2.24) is 10.2 Å². The summed E-state index contributed by atoms with van der Waals surface area (Å²) in [5, 5.41) is 3.44. The molecule has 0 saturated carbocycles. The normalized spacial score (nSPS) is 15.4. The van der Waals surface area contributed by atoms with Crippen molar-refractivity contribution < 1.29 is 9.59 Å². The summed E-state index contributed by atoms with van der Waals surface area (Å²) < 4.78 is 0. The summed E-state index contributed by atoms with van der Waals surface area (Å²) in [6.45, 7) is 3.56. The van der Waals surface area contributed by atoms with Gasteiger partial charge in [0.1, 0.15) is 5.70 Å². The van der Waals surface area contributed by atoms with Gasteiger partial charge in [-0.2, -0.15) is 0 Å². The Labute approximate surface area is 175 Å². The van der Waals surface area contributed by atoms with Gasteiger partial charge in [-0.15, -0.1) is 0 Å². The second kappa shape index (κ2) is 9.26. The van der Waals surface area contributed by atoms with Crippen molar-refractivity contribution in [2.45, 2.75) is 19.8 Å². The summed E-state index contributed by atoms with van der Waals surface area (Å²) in [7, 11) is 0. The zero-order chi connectivity index (χ0) is 20.1. The van der Waals surface area contributed by atoms with Crippen LogP contribution in [0.3, 0.4) is 0 Å². The van der Waals surface area contributed by atoms with Gasteiger partial charge < -0.3 is 10.2 Å². The highest BCUT2D eigenvalue weighted by molar-refractivity contribution is 6.36. The van der Waals surface area contributed by atoms with Gasteiger partial charge in [0.05, 0.1) is 10.6 Å². The molecule has 1 saturated heterocycles. The molecule has 3 rings (SSSR count). The number of benzene rings is 2. The summed E-state index contributed by atoms with van der Waals surface area (Å²) in [4.78, 5) is 27.7. The van der Waals surface area contributed by atoms with E-state index in [0.717, 1.165) is 18.4 Å². The van der Waals surface area contributed by atoms with Crippen LogP contribution in [0.25, 0.3) is 6.08 Å². The van der Waals surface area contributed by atoms with E-state index in [0.29, 0.717) is 24.0 Å². The molecule has 2 amide bonds. The largest absolute Gasteiger partial charge is 0.337 e. The molecule has 28 heavy (non-hydrogen) atoms. The van der Waals surface area contributed by atoms with Crippen molar-refractivity contribution in [2.24, 2.45) is 5.92 Å². The number of nitrogens with one attached hydrogen (secondary N) is 1. The maximum Gasteiger partial charge on any atom is 0.270 e. The van der Waals surface area contributed by atoms with Crippen LogP contribution in [-0.2, 0) is 4.79 Å². The molecular weight excluding hydrogens is 395 g/mol. The number of halogens is 2. The smallest absolute Gasteiger partial charge is 0.270 e. The first kappa shape index (κ1) is 20.4. The Morgan fingerprint density at radius 3 is 2.39 bits per heavy atom. The van der Waals surface area contributed by atoms with Crippen LogP contribution in [0.2, 0.25) is 10.0 Å². The van der Waals surface area contributed by atoms with Gasteiger partial charge in [-0.05, 0) is 48.6 Å². The molecule has 1 aliphatic rings. The minimum atomic E-state index is -0.442. The lowest BCUT2D eigenvalue weighted by Gasteiger charge is -2.31. The molecular formula is C22H22Cl2N2O2. The number of hydrogen-bond acceptors (Lipinski definition) is 2. The van der Waals surface area contributed by atoms with Crippen molar-refractivity contribution in [3.8, 4) is 0 Å². The van der Waals surface area contributed by atoms with Crippen LogP contribution in [0.15, 0.2) is 54.2 Å². The van der Waals surface area contributed by atoms with Crippen molar-refractivity contribution in [2.75, 3.05) is 13.1 Å². The second-order valence-corrected chi connectivity index (χ2v) is 7.87. The Kier molecular flexibility index (Phi) is 6.76. The molecule has 146 valence electrons. The third-order valence-corrected chi connectivity index (χ3v) is 5.38. The van der Waals surface area contributed by atoms with E-state index in [1.807, 2.05) is 30.3 Å². The van der Waals surface area contributed by atoms with Crippen LogP contribution in [0.4, 0.5) is 0 Å². The standard InChI is InChI=1S/C22H22Cl2N2O2/c1-15-9-11-26(12-10-15)22(28)20(13-16-5-3-2-4-6-16)25-21(27)18-8-7-17(23)14-19(18)24/h2-8,13-15H,9-12H2,1H3,(H,25,27). The molecule has 0 unspecified atom stereocenters. The van der Waals surface area contributed by atoms with Crippen LogP contribution in [-0.4, -0.2) is 29.8 Å². The van der Waals surface area contributed by atoms with E-state index in [9.17, 15) is 9.59 Å².